The molecule has 0 bridgehead atoms. The van der Waals surface area contributed by atoms with Gasteiger partial charge in [0.05, 0.1) is 12.8 Å². The van der Waals surface area contributed by atoms with E-state index in [1.54, 1.807) is 25.1 Å². The number of ether oxygens (including phenoxy) is 1. The zero-order valence-corrected chi connectivity index (χ0v) is 10.8. The number of halogens is 1. The fraction of sp³-hybridized carbons (Fsp3) is 0.200. The highest BCUT2D eigenvalue weighted by Crippen LogP contribution is 2.17. The van der Waals surface area contributed by atoms with E-state index in [2.05, 4.69) is 4.98 Å². The largest absolute Gasteiger partial charge is 0.492 e. The van der Waals surface area contributed by atoms with Crippen molar-refractivity contribution in [2.24, 2.45) is 0 Å². The van der Waals surface area contributed by atoms with Crippen LogP contribution in [0.3, 0.4) is 0 Å². The topological polar surface area (TPSA) is 39.2 Å². The monoisotopic (exact) mass is 259 g/mol. The number of aromatic nitrogens is 1. The minimum absolute atomic E-state index is 0.270. The van der Waals surface area contributed by atoms with Crippen LogP contribution in [0.4, 0.5) is 4.39 Å². The van der Waals surface area contributed by atoms with Gasteiger partial charge in [0.25, 0.3) is 0 Å². The molecule has 1 heterocycles. The molecule has 0 unspecified atom stereocenters. The van der Waals surface area contributed by atoms with Crippen molar-refractivity contribution in [3.8, 4) is 5.75 Å². The maximum atomic E-state index is 13.5. The zero-order chi connectivity index (χ0) is 13.8. The predicted octanol–water partition coefficient (Wildman–Crippen LogP) is 3.16. The van der Waals surface area contributed by atoms with Crippen molar-refractivity contribution in [3.63, 3.8) is 0 Å². The normalized spacial score (nSPS) is 10.3. The number of carbonyl (C=O) groups is 1. The molecule has 0 aliphatic rings. The van der Waals surface area contributed by atoms with E-state index in [1.165, 1.54) is 18.5 Å². The first-order valence-electron chi connectivity index (χ1n) is 6.00. The van der Waals surface area contributed by atoms with Crippen molar-refractivity contribution in [1.29, 1.82) is 0 Å². The summed E-state index contributed by atoms with van der Waals surface area (Å²) in [6.45, 7) is 4.00. The highest BCUT2D eigenvalue weighted by atomic mass is 19.1. The number of carbonyl (C=O) groups excluding carboxylic acids is 1. The highest BCUT2D eigenvalue weighted by Gasteiger charge is 2.12. The van der Waals surface area contributed by atoms with Gasteiger partial charge in [-0.3, -0.25) is 9.78 Å². The van der Waals surface area contributed by atoms with E-state index in [0.29, 0.717) is 29.0 Å². The van der Waals surface area contributed by atoms with E-state index in [4.69, 9.17) is 4.74 Å². The zero-order valence-electron chi connectivity index (χ0n) is 10.8. The van der Waals surface area contributed by atoms with Gasteiger partial charge in [-0.1, -0.05) is 12.1 Å². The molecule has 0 atom stereocenters. The summed E-state index contributed by atoms with van der Waals surface area (Å²) in [5.41, 5.74) is 1.20. The Hall–Kier alpha value is -2.23. The van der Waals surface area contributed by atoms with Crippen molar-refractivity contribution in [3.05, 3.63) is 59.2 Å². The quantitative estimate of drug-likeness (QED) is 0.792. The molecule has 1 aromatic heterocycles. The number of ketones is 1. The molecule has 19 heavy (non-hydrogen) atoms. The van der Waals surface area contributed by atoms with Gasteiger partial charge in [-0.2, -0.15) is 0 Å². The van der Waals surface area contributed by atoms with Gasteiger partial charge in [0.1, 0.15) is 11.6 Å². The van der Waals surface area contributed by atoms with E-state index in [9.17, 15) is 9.18 Å². The Bertz CT molecular complexity index is 611. The molecule has 0 amide bonds. The second-order valence-corrected chi connectivity index (χ2v) is 4.14. The number of benzene rings is 1. The van der Waals surface area contributed by atoms with Crippen LogP contribution in [-0.4, -0.2) is 17.4 Å². The van der Waals surface area contributed by atoms with Crippen LogP contribution < -0.4 is 4.74 Å². The summed E-state index contributed by atoms with van der Waals surface area (Å²) in [5, 5.41) is 0. The van der Waals surface area contributed by atoms with Crippen LogP contribution in [0.25, 0.3) is 0 Å². The lowest BCUT2D eigenvalue weighted by Gasteiger charge is -2.05. The van der Waals surface area contributed by atoms with Crippen molar-refractivity contribution in [1.82, 2.24) is 4.98 Å². The number of rotatable bonds is 4. The van der Waals surface area contributed by atoms with Crippen LogP contribution in [0.2, 0.25) is 0 Å². The lowest BCUT2D eigenvalue weighted by molar-refractivity contribution is 0.103. The Labute approximate surface area is 111 Å². The fourth-order valence-corrected chi connectivity index (χ4v) is 1.69. The van der Waals surface area contributed by atoms with Crippen molar-refractivity contribution < 1.29 is 13.9 Å². The summed E-state index contributed by atoms with van der Waals surface area (Å²) in [5.74, 6) is -0.131. The lowest BCUT2D eigenvalue weighted by atomic mass is 10.0. The SMILES string of the molecule is CCOc1cncc(C(=O)c2ccc(C)c(F)c2)c1. The van der Waals surface area contributed by atoms with Crippen molar-refractivity contribution >= 4 is 5.78 Å². The summed E-state index contributed by atoms with van der Waals surface area (Å²) in [6, 6.07) is 6.04. The number of hydrogen-bond acceptors (Lipinski definition) is 3. The van der Waals surface area contributed by atoms with E-state index in [-0.39, 0.29) is 11.6 Å². The molecule has 0 aliphatic heterocycles. The van der Waals surface area contributed by atoms with Gasteiger partial charge in [0, 0.05) is 17.3 Å². The first kappa shape index (κ1) is 13.2. The van der Waals surface area contributed by atoms with Crippen LogP contribution in [-0.2, 0) is 0 Å². The first-order valence-corrected chi connectivity index (χ1v) is 6.00. The van der Waals surface area contributed by atoms with Gasteiger partial charge >= 0.3 is 0 Å². The second-order valence-electron chi connectivity index (χ2n) is 4.14. The third kappa shape index (κ3) is 2.96. The van der Waals surface area contributed by atoms with Crippen LogP contribution in [0.5, 0.6) is 5.75 Å². The molecule has 0 radical (unpaired) electrons. The molecule has 0 saturated carbocycles. The standard InChI is InChI=1S/C15H14FNO2/c1-3-19-13-6-12(8-17-9-13)15(18)11-5-4-10(2)14(16)7-11/h4-9H,3H2,1-2H3. The van der Waals surface area contributed by atoms with Gasteiger partial charge in [0.2, 0.25) is 0 Å². The molecule has 0 aliphatic carbocycles. The van der Waals surface area contributed by atoms with Gasteiger partial charge in [-0.05, 0) is 31.5 Å². The first-order chi connectivity index (χ1) is 9.11. The van der Waals surface area contributed by atoms with Crippen LogP contribution in [0, 0.1) is 12.7 Å². The van der Waals surface area contributed by atoms with E-state index in [0.717, 1.165) is 0 Å². The summed E-state index contributed by atoms with van der Waals surface area (Å²) in [7, 11) is 0. The molecule has 2 aromatic rings. The molecule has 98 valence electrons. The minimum Gasteiger partial charge on any atom is -0.492 e. The summed E-state index contributed by atoms with van der Waals surface area (Å²) >= 11 is 0. The van der Waals surface area contributed by atoms with Gasteiger partial charge < -0.3 is 4.74 Å². The third-order valence-electron chi connectivity index (χ3n) is 2.72. The van der Waals surface area contributed by atoms with Gasteiger partial charge in [0.15, 0.2) is 5.78 Å². The van der Waals surface area contributed by atoms with Crippen LogP contribution in [0.15, 0.2) is 36.7 Å². The molecule has 2 rings (SSSR count). The van der Waals surface area contributed by atoms with E-state index >= 15 is 0 Å². The average Bonchev–Trinajstić information content (AvgIpc) is 2.42. The molecule has 0 N–H and O–H groups in total. The number of pyridine rings is 1. The maximum absolute atomic E-state index is 13.5. The average molecular weight is 259 g/mol. The van der Waals surface area contributed by atoms with Gasteiger partial charge in [-0.25, -0.2) is 4.39 Å². The molecular weight excluding hydrogens is 245 g/mol. The summed E-state index contributed by atoms with van der Waals surface area (Å²) in [6.07, 6.45) is 2.98. The fourth-order valence-electron chi connectivity index (χ4n) is 1.69. The Kier molecular flexibility index (Phi) is 3.90. The summed E-state index contributed by atoms with van der Waals surface area (Å²) < 4.78 is 18.7. The Morgan fingerprint density at radius 1 is 1.26 bits per heavy atom. The number of hydrogen-bond donors (Lipinski definition) is 0. The maximum Gasteiger partial charge on any atom is 0.194 e. The number of aryl methyl sites for hydroxylation is 1. The highest BCUT2D eigenvalue weighted by molar-refractivity contribution is 6.09. The van der Waals surface area contributed by atoms with Crippen molar-refractivity contribution in [2.75, 3.05) is 6.61 Å². The van der Waals surface area contributed by atoms with E-state index < -0.39 is 0 Å². The minimum atomic E-state index is -0.389. The molecule has 4 heteroatoms. The van der Waals surface area contributed by atoms with Gasteiger partial charge in [-0.15, -0.1) is 0 Å². The van der Waals surface area contributed by atoms with Crippen LogP contribution >= 0.6 is 0 Å². The molecule has 0 spiro atoms. The lowest BCUT2D eigenvalue weighted by Crippen LogP contribution is -2.04. The molecule has 3 nitrogen and oxygen atoms in total. The molecular formula is C15H14FNO2. The molecule has 0 saturated heterocycles. The Morgan fingerprint density at radius 2 is 2.05 bits per heavy atom. The Morgan fingerprint density at radius 3 is 2.74 bits per heavy atom. The molecule has 1 aromatic carbocycles. The smallest absolute Gasteiger partial charge is 0.194 e. The summed E-state index contributed by atoms with van der Waals surface area (Å²) in [4.78, 5) is 16.2. The Balaban J connectivity index is 2.32. The number of nitrogens with zero attached hydrogens (tertiary/aromatic N) is 1. The second kappa shape index (κ2) is 5.61. The van der Waals surface area contributed by atoms with E-state index in [1.807, 2.05) is 6.92 Å². The van der Waals surface area contributed by atoms with Crippen molar-refractivity contribution in [2.45, 2.75) is 13.8 Å². The third-order valence-corrected chi connectivity index (χ3v) is 2.72. The molecule has 0 fully saturated rings. The predicted molar refractivity (Wildman–Crippen MR) is 70.0 cm³/mol. The van der Waals surface area contributed by atoms with Crippen LogP contribution in [0.1, 0.15) is 28.4 Å².